The minimum Gasteiger partial charge on any atom is -0.208 e. The van der Waals surface area contributed by atoms with Gasteiger partial charge < -0.3 is 0 Å². The Labute approximate surface area is 241 Å². The molecule has 0 saturated heterocycles. The normalized spacial score (nSPS) is 11.4. The highest BCUT2D eigenvalue weighted by Gasteiger charge is 2.18. The zero-order valence-electron chi connectivity index (χ0n) is 22.0. The lowest BCUT2D eigenvalue weighted by molar-refractivity contribution is 1.08. The average Bonchev–Trinajstić information content (AvgIpc) is 3.44. The summed E-state index contributed by atoms with van der Waals surface area (Å²) in [6.45, 7) is 0. The molecule has 0 amide bonds. The Bertz CT molecular complexity index is 2200. The first-order chi connectivity index (χ1) is 20.3. The molecule has 0 N–H and O–H groups in total. The molecule has 8 rings (SSSR count). The van der Waals surface area contributed by atoms with Gasteiger partial charge in [0.05, 0.1) is 0 Å². The second kappa shape index (κ2) is 9.77. The highest BCUT2D eigenvalue weighted by atomic mass is 32.1. The molecule has 0 aliphatic heterocycles. The summed E-state index contributed by atoms with van der Waals surface area (Å²) < 4.78 is 2.45. The fourth-order valence-corrected chi connectivity index (χ4v) is 6.84. The predicted octanol–water partition coefficient (Wildman–Crippen LogP) is 10.1. The maximum atomic E-state index is 5.16. The van der Waals surface area contributed by atoms with Crippen LogP contribution in [0.25, 0.3) is 76.2 Å². The first kappa shape index (κ1) is 23.7. The SMILES string of the molecule is c1ccc(-c2nc(-c3cccc4c(-c5ccccc5)cccc34)nc(-c3cccc4c3sc3ccccc34)n2)cc1. The molecule has 6 aromatic carbocycles. The molecular weight excluding hydrogens is 518 g/mol. The summed E-state index contributed by atoms with van der Waals surface area (Å²) in [5.41, 5.74) is 5.36. The minimum absolute atomic E-state index is 0.667. The zero-order chi connectivity index (χ0) is 27.2. The number of fused-ring (bicyclic) bond motifs is 4. The van der Waals surface area contributed by atoms with Gasteiger partial charge in [-0.25, -0.2) is 15.0 Å². The van der Waals surface area contributed by atoms with Crippen LogP contribution < -0.4 is 0 Å². The highest BCUT2D eigenvalue weighted by Crippen LogP contribution is 2.40. The molecular formula is C37H23N3S. The lowest BCUT2D eigenvalue weighted by Crippen LogP contribution is -2.00. The molecule has 0 bridgehead atoms. The molecule has 192 valence electrons. The van der Waals surface area contributed by atoms with Crippen LogP contribution in [-0.4, -0.2) is 15.0 Å². The first-order valence-corrected chi connectivity index (χ1v) is 14.4. The van der Waals surface area contributed by atoms with E-state index in [0.717, 1.165) is 22.1 Å². The van der Waals surface area contributed by atoms with Crippen LogP contribution in [0, 0.1) is 0 Å². The van der Waals surface area contributed by atoms with E-state index in [0.29, 0.717) is 17.5 Å². The monoisotopic (exact) mass is 541 g/mol. The number of thiophene rings is 1. The molecule has 0 aliphatic carbocycles. The van der Waals surface area contributed by atoms with Crippen LogP contribution in [0.1, 0.15) is 0 Å². The van der Waals surface area contributed by atoms with Gasteiger partial charge in [-0.3, -0.25) is 0 Å². The van der Waals surface area contributed by atoms with Crippen molar-refractivity contribution in [3.63, 3.8) is 0 Å². The summed E-state index contributed by atoms with van der Waals surface area (Å²) in [4.78, 5) is 15.3. The molecule has 0 spiro atoms. The summed E-state index contributed by atoms with van der Waals surface area (Å²) in [6.07, 6.45) is 0. The van der Waals surface area contributed by atoms with Crippen LogP contribution in [0.3, 0.4) is 0 Å². The van der Waals surface area contributed by atoms with E-state index in [2.05, 4.69) is 121 Å². The molecule has 0 saturated carbocycles. The quantitative estimate of drug-likeness (QED) is 0.222. The average molecular weight is 542 g/mol. The molecule has 0 fully saturated rings. The minimum atomic E-state index is 0.667. The van der Waals surface area contributed by atoms with Crippen LogP contribution >= 0.6 is 11.3 Å². The fraction of sp³-hybridized carbons (Fsp3) is 0. The Morgan fingerprint density at radius 2 is 0.854 bits per heavy atom. The number of hydrogen-bond acceptors (Lipinski definition) is 4. The second-order valence-electron chi connectivity index (χ2n) is 10.0. The van der Waals surface area contributed by atoms with Crippen molar-refractivity contribution in [3.05, 3.63) is 140 Å². The Morgan fingerprint density at radius 3 is 1.61 bits per heavy atom. The molecule has 3 nitrogen and oxygen atoms in total. The van der Waals surface area contributed by atoms with Crippen molar-refractivity contribution >= 4 is 42.3 Å². The van der Waals surface area contributed by atoms with E-state index in [-0.39, 0.29) is 0 Å². The highest BCUT2D eigenvalue weighted by molar-refractivity contribution is 7.26. The maximum Gasteiger partial charge on any atom is 0.165 e. The van der Waals surface area contributed by atoms with E-state index >= 15 is 0 Å². The van der Waals surface area contributed by atoms with Gasteiger partial charge >= 0.3 is 0 Å². The topological polar surface area (TPSA) is 38.7 Å². The van der Waals surface area contributed by atoms with Gasteiger partial charge in [-0.1, -0.05) is 127 Å². The lowest BCUT2D eigenvalue weighted by Gasteiger charge is -2.12. The molecule has 8 aromatic rings. The molecule has 0 atom stereocenters. The third kappa shape index (κ3) is 4.08. The summed E-state index contributed by atoms with van der Waals surface area (Å²) >= 11 is 1.79. The van der Waals surface area contributed by atoms with Gasteiger partial charge in [-0.15, -0.1) is 11.3 Å². The Kier molecular flexibility index (Phi) is 5.64. The van der Waals surface area contributed by atoms with Gasteiger partial charge in [0, 0.05) is 36.9 Å². The molecule has 2 aromatic heterocycles. The number of aromatic nitrogens is 3. The van der Waals surface area contributed by atoms with Crippen molar-refractivity contribution in [1.29, 1.82) is 0 Å². The van der Waals surface area contributed by atoms with Crippen molar-refractivity contribution in [2.75, 3.05) is 0 Å². The van der Waals surface area contributed by atoms with E-state index in [1.54, 1.807) is 11.3 Å². The molecule has 4 heteroatoms. The zero-order valence-corrected chi connectivity index (χ0v) is 22.8. The van der Waals surface area contributed by atoms with Crippen LogP contribution in [0.2, 0.25) is 0 Å². The van der Waals surface area contributed by atoms with Crippen LogP contribution in [0.5, 0.6) is 0 Å². The van der Waals surface area contributed by atoms with Gasteiger partial charge in [0.15, 0.2) is 17.5 Å². The van der Waals surface area contributed by atoms with Crippen molar-refractivity contribution < 1.29 is 0 Å². The molecule has 0 unspecified atom stereocenters. The summed E-state index contributed by atoms with van der Waals surface area (Å²) in [6, 6.07) is 48.5. The van der Waals surface area contributed by atoms with Crippen molar-refractivity contribution in [2.45, 2.75) is 0 Å². The van der Waals surface area contributed by atoms with Crippen molar-refractivity contribution in [1.82, 2.24) is 15.0 Å². The molecule has 0 radical (unpaired) electrons. The van der Waals surface area contributed by atoms with Crippen LogP contribution in [0.15, 0.2) is 140 Å². The van der Waals surface area contributed by atoms with E-state index in [1.807, 2.05) is 18.2 Å². The van der Waals surface area contributed by atoms with Gasteiger partial charge in [0.25, 0.3) is 0 Å². The van der Waals surface area contributed by atoms with Crippen LogP contribution in [0.4, 0.5) is 0 Å². The predicted molar refractivity (Wildman–Crippen MR) is 172 cm³/mol. The van der Waals surface area contributed by atoms with E-state index in [1.165, 1.54) is 36.7 Å². The fourth-order valence-electron chi connectivity index (χ4n) is 5.63. The van der Waals surface area contributed by atoms with Crippen molar-refractivity contribution in [2.24, 2.45) is 0 Å². The molecule has 41 heavy (non-hydrogen) atoms. The summed E-state index contributed by atoms with van der Waals surface area (Å²) in [5.74, 6) is 2.02. The van der Waals surface area contributed by atoms with Crippen molar-refractivity contribution in [3.8, 4) is 45.3 Å². The number of benzene rings is 6. The van der Waals surface area contributed by atoms with Gasteiger partial charge in [-0.05, 0) is 34.0 Å². The Balaban J connectivity index is 1.39. The number of rotatable bonds is 4. The second-order valence-corrected chi connectivity index (χ2v) is 11.1. The van der Waals surface area contributed by atoms with E-state index in [9.17, 15) is 0 Å². The van der Waals surface area contributed by atoms with Gasteiger partial charge in [0.2, 0.25) is 0 Å². The largest absolute Gasteiger partial charge is 0.208 e. The Hall–Kier alpha value is -5.19. The first-order valence-electron chi connectivity index (χ1n) is 13.6. The van der Waals surface area contributed by atoms with Gasteiger partial charge in [0.1, 0.15) is 0 Å². The maximum absolute atomic E-state index is 5.16. The number of nitrogens with zero attached hydrogens (tertiary/aromatic N) is 3. The molecule has 0 aliphatic rings. The van der Waals surface area contributed by atoms with E-state index in [4.69, 9.17) is 15.0 Å². The standard InChI is InChI=1S/C37H23N3S/c1-3-12-24(13-4-1)26-17-9-19-28-27(26)18-10-21-31(28)36-38-35(25-14-5-2-6-15-25)39-37(40-36)32-22-11-20-30-29-16-7-8-23-33(29)41-34(30)32/h1-23H. The summed E-state index contributed by atoms with van der Waals surface area (Å²) in [7, 11) is 0. The van der Waals surface area contributed by atoms with Gasteiger partial charge in [-0.2, -0.15) is 0 Å². The smallest absolute Gasteiger partial charge is 0.165 e. The molecule has 2 heterocycles. The van der Waals surface area contributed by atoms with E-state index < -0.39 is 0 Å². The van der Waals surface area contributed by atoms with Crippen LogP contribution in [-0.2, 0) is 0 Å². The Morgan fingerprint density at radius 1 is 0.341 bits per heavy atom. The third-order valence-corrected chi connectivity index (χ3v) is 8.78. The lowest BCUT2D eigenvalue weighted by atomic mass is 9.95. The number of hydrogen-bond donors (Lipinski definition) is 0. The third-order valence-electron chi connectivity index (χ3n) is 7.56. The summed E-state index contributed by atoms with van der Waals surface area (Å²) in [5, 5.41) is 4.77.